The van der Waals surface area contributed by atoms with Crippen LogP contribution in [0, 0.1) is 13.8 Å². The maximum absolute atomic E-state index is 12.9. The molecule has 0 bridgehead atoms. The van der Waals surface area contributed by atoms with Crippen LogP contribution in [0.2, 0.25) is 0 Å². The van der Waals surface area contributed by atoms with Gasteiger partial charge in [-0.3, -0.25) is 4.79 Å². The minimum Gasteiger partial charge on any atom is -0.341 e. The monoisotopic (exact) mass is 391 g/mol. The topological polar surface area (TPSA) is 63.4 Å². The molecule has 6 nitrogen and oxygen atoms in total. The fourth-order valence-electron chi connectivity index (χ4n) is 4.25. The molecule has 0 N–H and O–H groups in total. The summed E-state index contributed by atoms with van der Waals surface area (Å²) in [6.45, 7) is 4.57. The summed E-state index contributed by atoms with van der Waals surface area (Å²) in [5, 5.41) is 4.78. The average molecular weight is 392 g/mol. The van der Waals surface area contributed by atoms with Gasteiger partial charge < -0.3 is 4.90 Å². The van der Waals surface area contributed by atoms with Crippen molar-refractivity contribution in [2.75, 3.05) is 7.05 Å². The Morgan fingerprint density at radius 2 is 1.83 bits per heavy atom. The number of benzene rings is 1. The average Bonchev–Trinajstić information content (AvgIpc) is 3.16. The molecule has 0 spiro atoms. The number of amides is 1. The molecule has 29 heavy (non-hydrogen) atoms. The van der Waals surface area contributed by atoms with Gasteiger partial charge in [-0.1, -0.05) is 49.6 Å². The molecule has 0 radical (unpaired) electrons. The summed E-state index contributed by atoms with van der Waals surface area (Å²) in [6, 6.07) is 10.0. The number of rotatable bonds is 5. The van der Waals surface area contributed by atoms with Crippen molar-refractivity contribution in [3.63, 3.8) is 0 Å². The van der Waals surface area contributed by atoms with Crippen molar-refractivity contribution >= 4 is 11.7 Å². The van der Waals surface area contributed by atoms with E-state index >= 15 is 0 Å². The van der Waals surface area contributed by atoms with Gasteiger partial charge in [0.2, 0.25) is 5.91 Å². The molecule has 1 aliphatic carbocycles. The van der Waals surface area contributed by atoms with Crippen molar-refractivity contribution < 1.29 is 4.79 Å². The zero-order valence-corrected chi connectivity index (χ0v) is 17.6. The third kappa shape index (κ3) is 4.16. The maximum Gasteiger partial charge on any atom is 0.252 e. The highest BCUT2D eigenvalue weighted by molar-refractivity contribution is 5.79. The number of carbonyl (C=O) groups excluding carboxylic acids is 1. The van der Waals surface area contributed by atoms with Crippen LogP contribution in [0.4, 0.5) is 0 Å². The highest BCUT2D eigenvalue weighted by Gasteiger charge is 2.23. The predicted octanol–water partition coefficient (Wildman–Crippen LogP) is 3.99. The first-order valence-electron chi connectivity index (χ1n) is 10.5. The Morgan fingerprint density at radius 3 is 2.55 bits per heavy atom. The molecule has 3 aromatic rings. The first-order chi connectivity index (χ1) is 14.0. The third-order valence-electron chi connectivity index (χ3n) is 6.05. The number of fused-ring (bicyclic) bond motifs is 1. The van der Waals surface area contributed by atoms with Crippen molar-refractivity contribution in [3.05, 3.63) is 58.7 Å². The Balaban J connectivity index is 1.55. The maximum atomic E-state index is 12.9. The van der Waals surface area contributed by atoms with E-state index in [1.54, 1.807) is 4.90 Å². The molecule has 0 saturated heterocycles. The Morgan fingerprint density at radius 1 is 1.10 bits per heavy atom. The lowest BCUT2D eigenvalue weighted by molar-refractivity contribution is -0.129. The molecule has 1 saturated carbocycles. The number of nitrogens with zero attached hydrogens (tertiary/aromatic N) is 5. The molecule has 2 heterocycles. The predicted molar refractivity (Wildman–Crippen MR) is 113 cm³/mol. The zero-order chi connectivity index (χ0) is 20.4. The van der Waals surface area contributed by atoms with Gasteiger partial charge in [-0.15, -0.1) is 5.10 Å². The second-order valence-electron chi connectivity index (χ2n) is 8.19. The van der Waals surface area contributed by atoms with E-state index in [0.29, 0.717) is 24.7 Å². The lowest BCUT2D eigenvalue weighted by atomic mass is 9.89. The summed E-state index contributed by atoms with van der Waals surface area (Å²) in [7, 11) is 1.85. The molecule has 1 amide bonds. The van der Waals surface area contributed by atoms with Gasteiger partial charge in [0.25, 0.3) is 5.78 Å². The van der Waals surface area contributed by atoms with E-state index in [-0.39, 0.29) is 5.91 Å². The molecular weight excluding hydrogens is 362 g/mol. The first-order valence-corrected chi connectivity index (χ1v) is 10.5. The molecule has 6 heteroatoms. The minimum absolute atomic E-state index is 0.0776. The van der Waals surface area contributed by atoms with E-state index in [4.69, 9.17) is 10.1 Å². The largest absolute Gasteiger partial charge is 0.341 e. The Kier molecular flexibility index (Phi) is 5.60. The van der Waals surface area contributed by atoms with E-state index in [9.17, 15) is 4.79 Å². The number of aryl methyl sites for hydroxylation is 2. The highest BCUT2D eigenvalue weighted by Crippen LogP contribution is 2.31. The Labute approximate surface area is 172 Å². The minimum atomic E-state index is 0.0776. The summed E-state index contributed by atoms with van der Waals surface area (Å²) in [5.41, 5.74) is 3.89. The third-order valence-corrected chi connectivity index (χ3v) is 6.05. The van der Waals surface area contributed by atoms with Crippen LogP contribution in [-0.4, -0.2) is 37.4 Å². The molecule has 1 aliphatic rings. The van der Waals surface area contributed by atoms with Crippen molar-refractivity contribution in [2.45, 2.75) is 64.8 Å². The molecule has 152 valence electrons. The van der Waals surface area contributed by atoms with Gasteiger partial charge in [-0.05, 0) is 32.3 Å². The van der Waals surface area contributed by atoms with E-state index in [1.807, 2.05) is 55.7 Å². The molecule has 4 rings (SSSR count). The van der Waals surface area contributed by atoms with Gasteiger partial charge in [0.15, 0.2) is 5.82 Å². The lowest BCUT2D eigenvalue weighted by Crippen LogP contribution is -2.28. The number of hydrogen-bond donors (Lipinski definition) is 0. The summed E-state index contributed by atoms with van der Waals surface area (Å²) < 4.78 is 1.83. The number of aromatic nitrogens is 4. The van der Waals surface area contributed by atoms with E-state index < -0.39 is 0 Å². The van der Waals surface area contributed by atoms with E-state index in [2.05, 4.69) is 4.98 Å². The van der Waals surface area contributed by atoms with Crippen LogP contribution in [0.15, 0.2) is 30.3 Å². The van der Waals surface area contributed by atoms with Crippen LogP contribution in [-0.2, 0) is 17.8 Å². The van der Waals surface area contributed by atoms with Crippen molar-refractivity contribution in [2.24, 2.45) is 0 Å². The second-order valence-corrected chi connectivity index (χ2v) is 8.19. The van der Waals surface area contributed by atoms with Crippen LogP contribution in [0.25, 0.3) is 5.78 Å². The van der Waals surface area contributed by atoms with E-state index in [1.165, 1.54) is 19.3 Å². The Bertz CT molecular complexity index is 1010. The number of carbonyl (C=O) groups is 1. The van der Waals surface area contributed by atoms with Crippen LogP contribution < -0.4 is 0 Å². The fourth-order valence-corrected chi connectivity index (χ4v) is 4.25. The molecule has 0 atom stereocenters. The summed E-state index contributed by atoms with van der Waals surface area (Å²) >= 11 is 0. The van der Waals surface area contributed by atoms with Crippen LogP contribution in [0.5, 0.6) is 0 Å². The normalized spacial score (nSPS) is 15.0. The fraction of sp³-hybridized carbons (Fsp3) is 0.478. The SMILES string of the molecule is Cc1nc2nc(C3CCCCC3)nn2c(C)c1CC(=O)N(C)Cc1ccccc1. The summed E-state index contributed by atoms with van der Waals surface area (Å²) in [6.07, 6.45) is 6.44. The number of likely N-dealkylation sites (N-methyl/N-ethyl adjacent to an activating group) is 1. The van der Waals surface area contributed by atoms with Crippen molar-refractivity contribution in [3.8, 4) is 0 Å². The van der Waals surface area contributed by atoms with Crippen molar-refractivity contribution in [1.29, 1.82) is 0 Å². The first kappa shape index (κ1) is 19.6. The Hall–Kier alpha value is -2.76. The zero-order valence-electron chi connectivity index (χ0n) is 17.6. The van der Waals surface area contributed by atoms with E-state index in [0.717, 1.165) is 41.2 Å². The van der Waals surface area contributed by atoms with Gasteiger partial charge in [0, 0.05) is 36.5 Å². The van der Waals surface area contributed by atoms with Gasteiger partial charge >= 0.3 is 0 Å². The smallest absolute Gasteiger partial charge is 0.252 e. The van der Waals surface area contributed by atoms with Crippen molar-refractivity contribution in [1.82, 2.24) is 24.5 Å². The van der Waals surface area contributed by atoms with Gasteiger partial charge in [0.05, 0.1) is 6.42 Å². The van der Waals surface area contributed by atoms with Gasteiger partial charge in [-0.2, -0.15) is 4.98 Å². The molecule has 0 unspecified atom stereocenters. The molecular formula is C23H29N5O. The summed E-state index contributed by atoms with van der Waals surface area (Å²) in [4.78, 5) is 24.0. The second kappa shape index (κ2) is 8.31. The van der Waals surface area contributed by atoms with Gasteiger partial charge in [0.1, 0.15) is 0 Å². The molecule has 0 aliphatic heterocycles. The summed E-state index contributed by atoms with van der Waals surface area (Å²) in [5.74, 6) is 2.07. The van der Waals surface area contributed by atoms with Gasteiger partial charge in [-0.25, -0.2) is 9.50 Å². The van der Waals surface area contributed by atoms with Crippen LogP contribution in [0.3, 0.4) is 0 Å². The molecule has 1 aromatic carbocycles. The van der Waals surface area contributed by atoms with Crippen LogP contribution in [0.1, 0.15) is 66.4 Å². The standard InChI is InChI=1S/C23H29N5O/c1-16-20(14-21(29)27(3)15-18-10-6-4-7-11-18)17(2)28-23(24-16)25-22(26-28)19-12-8-5-9-13-19/h4,6-7,10-11,19H,5,8-9,12-15H2,1-3H3. The quantitative estimate of drug-likeness (QED) is 0.660. The van der Waals surface area contributed by atoms with Crippen LogP contribution >= 0.6 is 0 Å². The lowest BCUT2D eigenvalue weighted by Gasteiger charge is -2.19. The number of hydrogen-bond acceptors (Lipinski definition) is 4. The highest BCUT2D eigenvalue weighted by atomic mass is 16.2. The molecule has 2 aromatic heterocycles. The molecule has 1 fully saturated rings.